The monoisotopic (exact) mass is 295 g/mol. The number of benzene rings is 2. The highest BCUT2D eigenvalue weighted by Gasteiger charge is 2.34. The molecule has 2 rings (SSSR count). The molecular formula is C15H12F3NO2. The Hall–Kier alpha value is -2.50. The number of alkyl halides is 3. The number of methoxy groups -OCH3 is 1. The fourth-order valence-electron chi connectivity index (χ4n) is 2.05. The number of ether oxygens (including phenoxy) is 1. The van der Waals surface area contributed by atoms with Crippen LogP contribution in [0, 0.1) is 0 Å². The van der Waals surface area contributed by atoms with Gasteiger partial charge in [-0.05, 0) is 29.3 Å². The number of rotatable bonds is 3. The summed E-state index contributed by atoms with van der Waals surface area (Å²) in [5.74, 6) is -0.974. The largest absolute Gasteiger partial charge is 0.496 e. The van der Waals surface area contributed by atoms with Crippen LogP contribution >= 0.6 is 0 Å². The maximum Gasteiger partial charge on any atom is 0.419 e. The van der Waals surface area contributed by atoms with Crippen molar-refractivity contribution in [3.8, 4) is 16.9 Å². The van der Waals surface area contributed by atoms with Gasteiger partial charge in [-0.3, -0.25) is 4.79 Å². The Labute approximate surface area is 119 Å². The van der Waals surface area contributed by atoms with Gasteiger partial charge in [-0.25, -0.2) is 0 Å². The summed E-state index contributed by atoms with van der Waals surface area (Å²) in [4.78, 5) is 11.4. The molecule has 3 nitrogen and oxygen atoms in total. The number of hydrogen-bond acceptors (Lipinski definition) is 2. The van der Waals surface area contributed by atoms with Crippen molar-refractivity contribution in [2.24, 2.45) is 5.73 Å². The lowest BCUT2D eigenvalue weighted by Gasteiger charge is -2.14. The summed E-state index contributed by atoms with van der Waals surface area (Å²) in [6.07, 6.45) is -4.55. The van der Waals surface area contributed by atoms with Gasteiger partial charge in [-0.1, -0.05) is 24.3 Å². The van der Waals surface area contributed by atoms with Gasteiger partial charge in [-0.15, -0.1) is 0 Å². The predicted molar refractivity (Wildman–Crippen MR) is 71.9 cm³/mol. The first-order valence-electron chi connectivity index (χ1n) is 5.99. The van der Waals surface area contributed by atoms with Crippen LogP contribution in [-0.2, 0) is 6.18 Å². The molecule has 0 unspecified atom stereocenters. The van der Waals surface area contributed by atoms with Crippen molar-refractivity contribution in [1.82, 2.24) is 0 Å². The van der Waals surface area contributed by atoms with E-state index in [4.69, 9.17) is 10.5 Å². The van der Waals surface area contributed by atoms with E-state index in [0.29, 0.717) is 5.56 Å². The normalized spacial score (nSPS) is 11.2. The molecule has 0 saturated carbocycles. The summed E-state index contributed by atoms with van der Waals surface area (Å²) in [5.41, 5.74) is 5.10. The lowest BCUT2D eigenvalue weighted by atomic mass is 9.97. The van der Waals surface area contributed by atoms with Crippen molar-refractivity contribution >= 4 is 5.91 Å². The molecule has 0 heterocycles. The second-order valence-electron chi connectivity index (χ2n) is 4.32. The maximum atomic E-state index is 13.0. The van der Waals surface area contributed by atoms with Crippen LogP contribution in [0.4, 0.5) is 13.2 Å². The molecule has 1 amide bonds. The molecular weight excluding hydrogens is 283 g/mol. The van der Waals surface area contributed by atoms with Crippen molar-refractivity contribution in [3.05, 3.63) is 53.6 Å². The Morgan fingerprint density at radius 2 is 1.81 bits per heavy atom. The van der Waals surface area contributed by atoms with Crippen LogP contribution in [0.2, 0.25) is 0 Å². The number of amides is 1. The Morgan fingerprint density at radius 3 is 2.38 bits per heavy atom. The number of carbonyl (C=O) groups excluding carboxylic acids is 1. The van der Waals surface area contributed by atoms with Crippen LogP contribution in [0.5, 0.6) is 5.75 Å². The highest BCUT2D eigenvalue weighted by atomic mass is 19.4. The second-order valence-corrected chi connectivity index (χ2v) is 4.32. The van der Waals surface area contributed by atoms with E-state index in [0.717, 1.165) is 6.07 Å². The molecule has 0 aromatic heterocycles. The number of primary amides is 1. The number of carbonyl (C=O) groups is 1. The SMILES string of the molecule is COc1ccc(-c2ccccc2C(N)=O)cc1C(F)(F)F. The molecule has 2 N–H and O–H groups in total. The van der Waals surface area contributed by atoms with Crippen LogP contribution in [0.25, 0.3) is 11.1 Å². The quantitative estimate of drug-likeness (QED) is 0.942. The molecule has 6 heteroatoms. The summed E-state index contributed by atoms with van der Waals surface area (Å²) in [5, 5.41) is 0. The molecule has 0 radical (unpaired) electrons. The molecule has 21 heavy (non-hydrogen) atoms. The average molecular weight is 295 g/mol. The maximum absolute atomic E-state index is 13.0. The molecule has 0 atom stereocenters. The van der Waals surface area contributed by atoms with E-state index >= 15 is 0 Å². The molecule has 0 aliphatic rings. The van der Waals surface area contributed by atoms with E-state index in [2.05, 4.69) is 0 Å². The van der Waals surface area contributed by atoms with E-state index in [-0.39, 0.29) is 16.9 Å². The van der Waals surface area contributed by atoms with Crippen molar-refractivity contribution in [1.29, 1.82) is 0 Å². The van der Waals surface area contributed by atoms with Crippen molar-refractivity contribution in [2.75, 3.05) is 7.11 Å². The topological polar surface area (TPSA) is 52.3 Å². The third-order valence-electron chi connectivity index (χ3n) is 3.01. The third-order valence-corrected chi connectivity index (χ3v) is 3.01. The van der Waals surface area contributed by atoms with Crippen LogP contribution in [0.3, 0.4) is 0 Å². The molecule has 110 valence electrons. The average Bonchev–Trinajstić information content (AvgIpc) is 2.45. The van der Waals surface area contributed by atoms with Gasteiger partial charge in [0.1, 0.15) is 5.75 Å². The summed E-state index contributed by atoms with van der Waals surface area (Å²) >= 11 is 0. The van der Waals surface area contributed by atoms with E-state index in [1.165, 1.54) is 25.3 Å². The van der Waals surface area contributed by atoms with Crippen LogP contribution in [-0.4, -0.2) is 13.0 Å². The van der Waals surface area contributed by atoms with Gasteiger partial charge >= 0.3 is 6.18 Å². The lowest BCUT2D eigenvalue weighted by Crippen LogP contribution is -2.12. The van der Waals surface area contributed by atoms with Crippen LogP contribution in [0.15, 0.2) is 42.5 Å². The number of hydrogen-bond donors (Lipinski definition) is 1. The van der Waals surface area contributed by atoms with Crippen LogP contribution < -0.4 is 10.5 Å². The minimum atomic E-state index is -4.55. The van der Waals surface area contributed by atoms with Gasteiger partial charge in [0.05, 0.1) is 12.7 Å². The predicted octanol–water partition coefficient (Wildman–Crippen LogP) is 3.48. The molecule has 2 aromatic rings. The smallest absolute Gasteiger partial charge is 0.419 e. The van der Waals surface area contributed by atoms with Crippen molar-refractivity contribution in [3.63, 3.8) is 0 Å². The van der Waals surface area contributed by atoms with Gasteiger partial charge in [0, 0.05) is 5.56 Å². The summed E-state index contributed by atoms with van der Waals surface area (Å²) in [6.45, 7) is 0. The fourth-order valence-corrected chi connectivity index (χ4v) is 2.05. The first-order valence-corrected chi connectivity index (χ1v) is 5.99. The van der Waals surface area contributed by atoms with Crippen molar-refractivity contribution < 1.29 is 22.7 Å². The summed E-state index contributed by atoms with van der Waals surface area (Å²) in [6, 6.07) is 9.85. The Bertz CT molecular complexity index is 681. The third kappa shape index (κ3) is 2.99. The first-order chi connectivity index (χ1) is 9.84. The molecule has 0 spiro atoms. The van der Waals surface area contributed by atoms with E-state index in [1.807, 2.05) is 0 Å². The van der Waals surface area contributed by atoms with Gasteiger partial charge in [0.15, 0.2) is 0 Å². The van der Waals surface area contributed by atoms with Gasteiger partial charge < -0.3 is 10.5 Å². The van der Waals surface area contributed by atoms with Crippen LogP contribution in [0.1, 0.15) is 15.9 Å². The lowest BCUT2D eigenvalue weighted by molar-refractivity contribution is -0.138. The highest BCUT2D eigenvalue weighted by Crippen LogP contribution is 2.39. The van der Waals surface area contributed by atoms with Gasteiger partial charge in [0.25, 0.3) is 0 Å². The zero-order valence-electron chi connectivity index (χ0n) is 11.1. The molecule has 0 fully saturated rings. The molecule has 0 aliphatic carbocycles. The molecule has 0 bridgehead atoms. The van der Waals surface area contributed by atoms with Crippen molar-refractivity contribution in [2.45, 2.75) is 6.18 Å². The van der Waals surface area contributed by atoms with E-state index in [9.17, 15) is 18.0 Å². The molecule has 0 saturated heterocycles. The van der Waals surface area contributed by atoms with Gasteiger partial charge in [0.2, 0.25) is 5.91 Å². The first kappa shape index (κ1) is 14.9. The molecule has 0 aliphatic heterocycles. The minimum absolute atomic E-state index is 0.163. The Balaban J connectivity index is 2.64. The second kappa shape index (κ2) is 5.47. The number of halogens is 3. The fraction of sp³-hybridized carbons (Fsp3) is 0.133. The zero-order chi connectivity index (χ0) is 15.6. The van der Waals surface area contributed by atoms with Gasteiger partial charge in [-0.2, -0.15) is 13.2 Å². The van der Waals surface area contributed by atoms with E-state index in [1.54, 1.807) is 18.2 Å². The molecule has 2 aromatic carbocycles. The van der Waals surface area contributed by atoms with E-state index < -0.39 is 17.6 Å². The summed E-state index contributed by atoms with van der Waals surface area (Å²) < 4.78 is 43.8. The minimum Gasteiger partial charge on any atom is -0.496 e. The Morgan fingerprint density at radius 1 is 1.14 bits per heavy atom. The summed E-state index contributed by atoms with van der Waals surface area (Å²) in [7, 11) is 1.17. The zero-order valence-corrected chi connectivity index (χ0v) is 11.1. The highest BCUT2D eigenvalue weighted by molar-refractivity contribution is 5.99. The number of nitrogens with two attached hydrogens (primary N) is 1. The standard InChI is InChI=1S/C15H12F3NO2/c1-21-13-7-6-9(8-12(13)15(16,17)18)10-4-2-3-5-11(10)14(19)20/h2-8H,1H3,(H2,19,20). The Kier molecular flexibility index (Phi) is 3.88.